The maximum absolute atomic E-state index is 10.8. The average Bonchev–Trinajstić information content (AvgIpc) is 2.19. The van der Waals surface area contributed by atoms with Crippen LogP contribution in [0, 0.1) is 17.2 Å². The average molecular weight is 210 g/mol. The van der Waals surface area contributed by atoms with Crippen LogP contribution in [0.3, 0.4) is 0 Å². The van der Waals surface area contributed by atoms with Crippen LogP contribution >= 0.6 is 0 Å². The lowest BCUT2D eigenvalue weighted by Crippen LogP contribution is -2.33. The lowest BCUT2D eigenvalue weighted by molar-refractivity contribution is -0.114. The first-order valence-electron chi connectivity index (χ1n) is 4.82. The summed E-state index contributed by atoms with van der Waals surface area (Å²) in [6.45, 7) is 0. The Bertz CT molecular complexity index is 319. The Kier molecular flexibility index (Phi) is 3.83. The molecule has 3 atom stereocenters. The number of carbonyl (C=O) groups excluding carboxylic acids is 1. The monoisotopic (exact) mass is 210 g/mol. The molecule has 0 aromatic heterocycles. The zero-order valence-corrected chi connectivity index (χ0v) is 8.26. The van der Waals surface area contributed by atoms with Gasteiger partial charge in [-0.3, -0.25) is 4.79 Å². The highest BCUT2D eigenvalue weighted by atomic mass is 16.3. The summed E-state index contributed by atoms with van der Waals surface area (Å²) >= 11 is 0. The number of hydrogen-bond acceptors (Lipinski definition) is 4. The molecule has 1 aliphatic rings. The Hall–Kier alpha value is -1.38. The highest BCUT2D eigenvalue weighted by Gasteiger charge is 2.26. The minimum atomic E-state index is -0.784. The van der Waals surface area contributed by atoms with E-state index in [1.165, 1.54) is 6.08 Å². The zero-order chi connectivity index (χ0) is 11.4. The number of nitriles is 1. The Morgan fingerprint density at radius 2 is 2.07 bits per heavy atom. The summed E-state index contributed by atoms with van der Waals surface area (Å²) in [4.78, 5) is 10.8. The second kappa shape index (κ2) is 4.91. The molecule has 5 heteroatoms. The second-order valence-electron chi connectivity index (χ2n) is 3.76. The first-order valence-corrected chi connectivity index (χ1v) is 4.82. The van der Waals surface area contributed by atoms with Crippen molar-refractivity contribution in [3.8, 4) is 6.07 Å². The van der Waals surface area contributed by atoms with Crippen LogP contribution in [0.1, 0.15) is 19.3 Å². The van der Waals surface area contributed by atoms with E-state index in [2.05, 4.69) is 0 Å². The van der Waals surface area contributed by atoms with Crippen molar-refractivity contribution in [1.82, 2.24) is 0 Å². The summed E-state index contributed by atoms with van der Waals surface area (Å²) < 4.78 is 0. The van der Waals surface area contributed by atoms with E-state index in [4.69, 9.17) is 11.0 Å². The third-order valence-corrected chi connectivity index (χ3v) is 2.61. The van der Waals surface area contributed by atoms with Crippen LogP contribution in [0.4, 0.5) is 0 Å². The van der Waals surface area contributed by atoms with E-state index in [0.717, 1.165) is 0 Å². The van der Waals surface area contributed by atoms with Crippen LogP contribution in [0.5, 0.6) is 0 Å². The molecule has 0 aromatic carbocycles. The molecular formula is C10H14N2O3. The Labute approximate surface area is 87.8 Å². The topological polar surface area (TPSA) is 107 Å². The highest BCUT2D eigenvalue weighted by Crippen LogP contribution is 2.26. The number of amides is 1. The van der Waals surface area contributed by atoms with Crippen LogP contribution in [0.15, 0.2) is 11.6 Å². The molecule has 0 radical (unpaired) electrons. The van der Waals surface area contributed by atoms with Gasteiger partial charge in [0.15, 0.2) is 0 Å². The molecule has 1 fully saturated rings. The molecule has 0 aliphatic heterocycles. The summed E-state index contributed by atoms with van der Waals surface area (Å²) in [6.07, 6.45) is 1.48. The van der Waals surface area contributed by atoms with Gasteiger partial charge in [0.05, 0.1) is 12.2 Å². The lowest BCUT2D eigenvalue weighted by atomic mass is 9.84. The summed E-state index contributed by atoms with van der Waals surface area (Å²) in [7, 11) is 0. The van der Waals surface area contributed by atoms with Crippen molar-refractivity contribution in [2.45, 2.75) is 31.5 Å². The predicted molar refractivity (Wildman–Crippen MR) is 52.2 cm³/mol. The standard InChI is InChI=1S/C10H14N2O3/c11-5-7(10(12)15)3-6-1-2-8(13)9(14)4-6/h3,6,8-9,13-14H,1-2,4H2,(H2,12,15)/b7-3+. The van der Waals surface area contributed by atoms with Gasteiger partial charge in [-0.05, 0) is 25.2 Å². The number of nitrogens with two attached hydrogens (primary N) is 1. The molecule has 0 heterocycles. The van der Waals surface area contributed by atoms with E-state index in [-0.39, 0.29) is 11.5 Å². The molecule has 82 valence electrons. The fourth-order valence-electron chi connectivity index (χ4n) is 1.72. The van der Waals surface area contributed by atoms with E-state index < -0.39 is 18.1 Å². The molecule has 1 saturated carbocycles. The number of aliphatic hydroxyl groups is 2. The number of primary amides is 1. The van der Waals surface area contributed by atoms with Gasteiger partial charge in [0, 0.05) is 0 Å². The second-order valence-corrected chi connectivity index (χ2v) is 3.76. The molecule has 0 spiro atoms. The molecule has 0 aromatic rings. The number of rotatable bonds is 2. The van der Waals surface area contributed by atoms with Gasteiger partial charge in [-0.1, -0.05) is 6.08 Å². The van der Waals surface area contributed by atoms with Gasteiger partial charge in [0.25, 0.3) is 5.91 Å². The molecule has 15 heavy (non-hydrogen) atoms. The maximum atomic E-state index is 10.8. The van der Waals surface area contributed by atoms with E-state index in [0.29, 0.717) is 19.3 Å². The fraction of sp³-hybridized carbons (Fsp3) is 0.600. The Morgan fingerprint density at radius 1 is 1.40 bits per heavy atom. The number of aliphatic hydroxyl groups excluding tert-OH is 2. The van der Waals surface area contributed by atoms with Crippen LogP contribution in [0.2, 0.25) is 0 Å². The van der Waals surface area contributed by atoms with Gasteiger partial charge in [-0.25, -0.2) is 0 Å². The van der Waals surface area contributed by atoms with E-state index in [9.17, 15) is 15.0 Å². The smallest absolute Gasteiger partial charge is 0.259 e. The summed E-state index contributed by atoms with van der Waals surface area (Å²) in [6, 6.07) is 1.72. The molecule has 1 amide bonds. The van der Waals surface area contributed by atoms with Gasteiger partial charge in [-0.2, -0.15) is 5.26 Å². The normalized spacial score (nSPS) is 32.1. The maximum Gasteiger partial charge on any atom is 0.259 e. The van der Waals surface area contributed by atoms with Crippen molar-refractivity contribution in [1.29, 1.82) is 5.26 Å². The third-order valence-electron chi connectivity index (χ3n) is 2.61. The van der Waals surface area contributed by atoms with Crippen molar-refractivity contribution in [2.75, 3.05) is 0 Å². The van der Waals surface area contributed by atoms with Crippen molar-refractivity contribution in [3.05, 3.63) is 11.6 Å². The summed E-state index contributed by atoms with van der Waals surface area (Å²) in [5.41, 5.74) is 4.90. The molecule has 1 rings (SSSR count). The zero-order valence-electron chi connectivity index (χ0n) is 8.26. The Balaban J connectivity index is 2.67. The largest absolute Gasteiger partial charge is 0.390 e. The number of nitrogens with zero attached hydrogens (tertiary/aromatic N) is 1. The van der Waals surface area contributed by atoms with Crippen LogP contribution in [0.25, 0.3) is 0 Å². The number of carbonyl (C=O) groups is 1. The lowest BCUT2D eigenvalue weighted by Gasteiger charge is -2.28. The third kappa shape index (κ3) is 3.05. The van der Waals surface area contributed by atoms with Gasteiger partial charge in [0.1, 0.15) is 11.6 Å². The van der Waals surface area contributed by atoms with E-state index in [1.54, 1.807) is 6.07 Å². The number of allylic oxidation sites excluding steroid dienone is 1. The number of hydrogen-bond donors (Lipinski definition) is 3. The molecular weight excluding hydrogens is 196 g/mol. The van der Waals surface area contributed by atoms with E-state index >= 15 is 0 Å². The molecule has 0 saturated heterocycles. The highest BCUT2D eigenvalue weighted by molar-refractivity contribution is 5.95. The summed E-state index contributed by atoms with van der Waals surface area (Å²) in [5, 5.41) is 27.3. The molecule has 3 unspecified atom stereocenters. The van der Waals surface area contributed by atoms with Crippen LogP contribution in [-0.4, -0.2) is 28.3 Å². The fourth-order valence-corrected chi connectivity index (χ4v) is 1.72. The van der Waals surface area contributed by atoms with Gasteiger partial charge in [-0.15, -0.1) is 0 Å². The van der Waals surface area contributed by atoms with Crippen LogP contribution < -0.4 is 5.73 Å². The first-order chi connectivity index (χ1) is 7.04. The van der Waals surface area contributed by atoms with Crippen molar-refractivity contribution in [2.24, 2.45) is 11.7 Å². The van der Waals surface area contributed by atoms with Gasteiger partial charge < -0.3 is 15.9 Å². The minimum absolute atomic E-state index is 0.0643. The minimum Gasteiger partial charge on any atom is -0.390 e. The van der Waals surface area contributed by atoms with Crippen molar-refractivity contribution >= 4 is 5.91 Å². The van der Waals surface area contributed by atoms with Gasteiger partial charge >= 0.3 is 0 Å². The molecule has 5 nitrogen and oxygen atoms in total. The van der Waals surface area contributed by atoms with Gasteiger partial charge in [0.2, 0.25) is 0 Å². The molecule has 0 bridgehead atoms. The first kappa shape index (κ1) is 11.7. The SMILES string of the molecule is N#C/C(=C\C1CCC(O)C(O)C1)C(N)=O. The molecule has 4 N–H and O–H groups in total. The predicted octanol–water partition coefficient (Wildman–Crippen LogP) is -0.556. The van der Waals surface area contributed by atoms with E-state index in [1.807, 2.05) is 0 Å². The molecule has 1 aliphatic carbocycles. The van der Waals surface area contributed by atoms with Crippen LogP contribution in [-0.2, 0) is 4.79 Å². The van der Waals surface area contributed by atoms with Crippen molar-refractivity contribution < 1.29 is 15.0 Å². The Morgan fingerprint density at radius 3 is 2.53 bits per heavy atom. The van der Waals surface area contributed by atoms with Crippen molar-refractivity contribution in [3.63, 3.8) is 0 Å². The summed E-state index contributed by atoms with van der Waals surface area (Å²) in [5.74, 6) is -0.816. The quantitative estimate of drug-likeness (QED) is 0.419.